The molecule has 190 valence electrons. The van der Waals surface area contributed by atoms with Crippen LogP contribution in [-0.4, -0.2) is 0 Å². The van der Waals surface area contributed by atoms with Gasteiger partial charge in [0.15, 0.2) is 0 Å². The van der Waals surface area contributed by atoms with Gasteiger partial charge in [-0.15, -0.1) is 0 Å². The highest BCUT2D eigenvalue weighted by molar-refractivity contribution is 7.99. The first-order valence-corrected chi connectivity index (χ1v) is 14.9. The van der Waals surface area contributed by atoms with E-state index in [9.17, 15) is 0 Å². The van der Waals surface area contributed by atoms with Gasteiger partial charge in [0, 0.05) is 20.7 Å². The van der Waals surface area contributed by atoms with Crippen LogP contribution in [0.25, 0.3) is 76.5 Å². The van der Waals surface area contributed by atoms with Gasteiger partial charge in [-0.3, -0.25) is 0 Å². The van der Waals surface area contributed by atoms with Gasteiger partial charge in [0.2, 0.25) is 0 Å². The Morgan fingerprint density at radius 1 is 0.341 bits per heavy atom. The molecule has 1 aliphatic rings. The maximum atomic E-state index is 2.35. The van der Waals surface area contributed by atoms with Crippen LogP contribution in [0.2, 0.25) is 0 Å². The van der Waals surface area contributed by atoms with Crippen LogP contribution in [0.4, 0.5) is 0 Å². The number of rotatable bonds is 2. The van der Waals surface area contributed by atoms with Gasteiger partial charge in [-0.2, -0.15) is 0 Å². The zero-order valence-electron chi connectivity index (χ0n) is 22.3. The molecule has 1 aliphatic heterocycles. The van der Waals surface area contributed by atoms with Gasteiger partial charge in [0.25, 0.3) is 0 Å². The Bertz CT molecular complexity index is 2280. The van der Waals surface area contributed by atoms with Crippen molar-refractivity contribution in [2.24, 2.45) is 0 Å². The molecule has 41 heavy (non-hydrogen) atoms. The van der Waals surface area contributed by atoms with E-state index in [4.69, 9.17) is 0 Å². The second-order valence-electron chi connectivity index (χ2n) is 10.8. The molecule has 0 atom stereocenters. The monoisotopic (exact) mass is 536 g/mol. The van der Waals surface area contributed by atoms with Crippen molar-refractivity contribution in [2.45, 2.75) is 9.79 Å². The highest BCUT2D eigenvalue weighted by Gasteiger charge is 2.25. The van der Waals surface area contributed by atoms with E-state index in [2.05, 4.69) is 146 Å². The molecule has 0 saturated carbocycles. The number of benzene rings is 8. The zero-order valence-corrected chi connectivity index (χ0v) is 23.1. The van der Waals surface area contributed by atoms with Crippen molar-refractivity contribution in [2.75, 3.05) is 0 Å². The SMILES string of the molecule is c1cc2c(c(-c3c4ccccc4c(-c4ccc5ccccc5c4)c4ccccc34)c1)-c1cccc3cccc(c13)S2. The van der Waals surface area contributed by atoms with Crippen molar-refractivity contribution >= 4 is 54.9 Å². The predicted molar refractivity (Wildman–Crippen MR) is 177 cm³/mol. The molecular weight excluding hydrogens is 513 g/mol. The zero-order chi connectivity index (χ0) is 26.9. The van der Waals surface area contributed by atoms with E-state index in [0.717, 1.165) is 0 Å². The summed E-state index contributed by atoms with van der Waals surface area (Å²) in [5, 5.41) is 10.4. The van der Waals surface area contributed by atoms with Crippen LogP contribution < -0.4 is 0 Å². The van der Waals surface area contributed by atoms with E-state index in [1.54, 1.807) is 0 Å². The molecule has 0 fully saturated rings. The maximum Gasteiger partial charge on any atom is 0.0207 e. The molecule has 8 aromatic carbocycles. The summed E-state index contributed by atoms with van der Waals surface area (Å²) in [6.45, 7) is 0. The number of fused-ring (bicyclic) bond motifs is 5. The van der Waals surface area contributed by atoms with Gasteiger partial charge < -0.3 is 0 Å². The first-order valence-electron chi connectivity index (χ1n) is 14.1. The van der Waals surface area contributed by atoms with Crippen molar-refractivity contribution < 1.29 is 0 Å². The lowest BCUT2D eigenvalue weighted by atomic mass is 9.83. The second kappa shape index (κ2) is 8.83. The minimum Gasteiger partial charge on any atom is -0.0888 e. The summed E-state index contributed by atoms with van der Waals surface area (Å²) in [7, 11) is 0. The lowest BCUT2D eigenvalue weighted by Crippen LogP contribution is -1.97. The second-order valence-corrected chi connectivity index (χ2v) is 11.9. The van der Waals surface area contributed by atoms with Crippen LogP contribution in [0.15, 0.2) is 155 Å². The summed E-state index contributed by atoms with van der Waals surface area (Å²) in [6.07, 6.45) is 0. The quantitative estimate of drug-likeness (QED) is 0.198. The third kappa shape index (κ3) is 3.36. The van der Waals surface area contributed by atoms with E-state index in [1.165, 1.54) is 86.3 Å². The average molecular weight is 537 g/mol. The van der Waals surface area contributed by atoms with Crippen molar-refractivity contribution in [1.29, 1.82) is 0 Å². The van der Waals surface area contributed by atoms with Crippen molar-refractivity contribution in [3.8, 4) is 33.4 Å². The maximum absolute atomic E-state index is 2.35. The Morgan fingerprint density at radius 2 is 0.902 bits per heavy atom. The van der Waals surface area contributed by atoms with Crippen LogP contribution in [-0.2, 0) is 0 Å². The van der Waals surface area contributed by atoms with Crippen LogP contribution in [0.5, 0.6) is 0 Å². The first kappa shape index (κ1) is 22.9. The van der Waals surface area contributed by atoms with Gasteiger partial charge in [-0.1, -0.05) is 139 Å². The normalized spacial score (nSPS) is 12.3. The highest BCUT2D eigenvalue weighted by atomic mass is 32.2. The summed E-state index contributed by atoms with van der Waals surface area (Å²) >= 11 is 1.90. The van der Waals surface area contributed by atoms with Crippen molar-refractivity contribution in [1.82, 2.24) is 0 Å². The van der Waals surface area contributed by atoms with Gasteiger partial charge in [-0.25, -0.2) is 0 Å². The molecule has 0 aliphatic carbocycles. The molecule has 1 heteroatoms. The molecule has 1 heterocycles. The average Bonchev–Trinajstić information content (AvgIpc) is 3.03. The molecular formula is C40H24S. The molecule has 8 aromatic rings. The molecule has 0 aromatic heterocycles. The van der Waals surface area contributed by atoms with Crippen LogP contribution >= 0.6 is 11.8 Å². The number of hydrogen-bond donors (Lipinski definition) is 0. The summed E-state index contributed by atoms with van der Waals surface area (Å²) in [5.74, 6) is 0. The minimum atomic E-state index is 1.26. The smallest absolute Gasteiger partial charge is 0.0207 e. The Balaban J connectivity index is 1.41. The molecule has 0 spiro atoms. The first-order chi connectivity index (χ1) is 20.3. The van der Waals surface area contributed by atoms with E-state index in [1.807, 2.05) is 11.8 Å². The third-order valence-corrected chi connectivity index (χ3v) is 9.74. The van der Waals surface area contributed by atoms with Crippen LogP contribution in [0.1, 0.15) is 0 Å². The van der Waals surface area contributed by atoms with Gasteiger partial charge in [0.05, 0.1) is 0 Å². The van der Waals surface area contributed by atoms with E-state index in [-0.39, 0.29) is 0 Å². The molecule has 0 unspecified atom stereocenters. The van der Waals surface area contributed by atoms with Crippen molar-refractivity contribution in [3.63, 3.8) is 0 Å². The van der Waals surface area contributed by atoms with Gasteiger partial charge in [0.1, 0.15) is 0 Å². The topological polar surface area (TPSA) is 0 Å². The minimum absolute atomic E-state index is 1.26. The Hall–Kier alpha value is -4.85. The molecule has 0 saturated heterocycles. The molecule has 0 bridgehead atoms. The number of hydrogen-bond acceptors (Lipinski definition) is 1. The fourth-order valence-electron chi connectivity index (χ4n) is 6.90. The molecule has 0 amide bonds. The molecule has 0 radical (unpaired) electrons. The Kier molecular flexibility index (Phi) is 4.93. The van der Waals surface area contributed by atoms with Crippen LogP contribution in [0.3, 0.4) is 0 Å². The van der Waals surface area contributed by atoms with Crippen molar-refractivity contribution in [3.05, 3.63) is 146 Å². The lowest BCUT2D eigenvalue weighted by molar-refractivity contribution is 1.40. The largest absolute Gasteiger partial charge is 0.0888 e. The lowest BCUT2D eigenvalue weighted by Gasteiger charge is -2.25. The van der Waals surface area contributed by atoms with E-state index in [0.29, 0.717) is 0 Å². The van der Waals surface area contributed by atoms with Gasteiger partial charge >= 0.3 is 0 Å². The van der Waals surface area contributed by atoms with Gasteiger partial charge in [-0.05, 0) is 83.7 Å². The van der Waals surface area contributed by atoms with Crippen LogP contribution in [0, 0.1) is 0 Å². The highest BCUT2D eigenvalue weighted by Crippen LogP contribution is 2.53. The summed E-state index contributed by atoms with van der Waals surface area (Å²) < 4.78 is 0. The fourth-order valence-corrected chi connectivity index (χ4v) is 8.08. The summed E-state index contributed by atoms with van der Waals surface area (Å²) in [5.41, 5.74) is 7.85. The molecule has 0 N–H and O–H groups in total. The third-order valence-electron chi connectivity index (χ3n) is 8.62. The standard InChI is InChI=1S/C40H24S/c1-2-11-27-24-28(23-22-25(27)10-1)37-29-14-3-5-16-31(29)39(32-17-6-4-15-30(32)37)34-19-9-21-36-40(34)33-18-7-12-26-13-8-20-35(41-36)38(26)33/h1-24H. The molecule has 0 nitrogen and oxygen atoms in total. The molecule has 9 rings (SSSR count). The van der Waals surface area contributed by atoms with E-state index >= 15 is 0 Å². The Morgan fingerprint density at radius 3 is 1.66 bits per heavy atom. The Labute approximate surface area is 242 Å². The summed E-state index contributed by atoms with van der Waals surface area (Å²) in [4.78, 5) is 2.66. The fraction of sp³-hybridized carbons (Fsp3) is 0. The van der Waals surface area contributed by atoms with E-state index < -0.39 is 0 Å². The summed E-state index contributed by atoms with van der Waals surface area (Å²) in [6, 6.07) is 53.7. The predicted octanol–water partition coefficient (Wildman–Crippen LogP) is 11.8.